The van der Waals surface area contributed by atoms with Crippen molar-refractivity contribution < 1.29 is 23.0 Å². The molecule has 0 aromatic heterocycles. The molecule has 0 bridgehead atoms. The van der Waals surface area contributed by atoms with E-state index in [0.29, 0.717) is 11.1 Å². The number of amides is 1. The number of ether oxygens (including phenoxy) is 2. The van der Waals surface area contributed by atoms with Gasteiger partial charge in [-0.1, -0.05) is 12.1 Å². The molecule has 0 N–H and O–H groups in total. The first kappa shape index (κ1) is 18.2. The van der Waals surface area contributed by atoms with Crippen molar-refractivity contribution in [1.82, 2.24) is 4.90 Å². The van der Waals surface area contributed by atoms with Gasteiger partial charge in [-0.15, -0.1) is 0 Å². The van der Waals surface area contributed by atoms with Crippen molar-refractivity contribution in [2.75, 3.05) is 14.2 Å². The van der Waals surface area contributed by atoms with E-state index < -0.39 is 6.61 Å². The van der Waals surface area contributed by atoms with Crippen LogP contribution in [0.5, 0.6) is 11.5 Å². The van der Waals surface area contributed by atoms with Crippen LogP contribution in [0.3, 0.4) is 0 Å². The summed E-state index contributed by atoms with van der Waals surface area (Å²) in [6.45, 7) is -2.66. The van der Waals surface area contributed by atoms with E-state index in [2.05, 4.69) is 4.74 Å². The van der Waals surface area contributed by atoms with Crippen LogP contribution < -0.4 is 9.47 Å². The zero-order valence-corrected chi connectivity index (χ0v) is 14.8. The Morgan fingerprint density at radius 1 is 1.12 bits per heavy atom. The van der Waals surface area contributed by atoms with Crippen LogP contribution in [0.15, 0.2) is 36.4 Å². The fourth-order valence-electron chi connectivity index (χ4n) is 3.28. The maximum Gasteiger partial charge on any atom is 0.387 e. The molecule has 6 heteroatoms. The number of benzene rings is 2. The molecule has 0 unspecified atom stereocenters. The molecule has 3 rings (SSSR count). The average molecular weight is 361 g/mol. The Bertz CT molecular complexity index is 808. The lowest BCUT2D eigenvalue weighted by atomic mass is 10.1. The van der Waals surface area contributed by atoms with Gasteiger partial charge in [-0.3, -0.25) is 4.79 Å². The van der Waals surface area contributed by atoms with E-state index >= 15 is 0 Å². The molecular formula is C20H21F2NO3. The first-order chi connectivity index (χ1) is 12.5. The van der Waals surface area contributed by atoms with Gasteiger partial charge in [-0.2, -0.15) is 8.78 Å². The number of halogens is 2. The second kappa shape index (κ2) is 7.72. The standard InChI is InChI=1S/C20H21F2NO3/c1-23(19(24)16-8-7-14-4-3-5-15(14)11-16)12-13-6-9-17(25-2)18(10-13)26-20(21)22/h6-11,20H,3-5,12H2,1-2H3. The molecule has 0 saturated heterocycles. The predicted octanol–water partition coefficient (Wildman–Crippen LogP) is 4.06. The highest BCUT2D eigenvalue weighted by Gasteiger charge is 2.18. The Hall–Kier alpha value is -2.63. The van der Waals surface area contributed by atoms with E-state index in [4.69, 9.17) is 4.74 Å². The lowest BCUT2D eigenvalue weighted by molar-refractivity contribution is -0.0512. The van der Waals surface area contributed by atoms with E-state index in [-0.39, 0.29) is 24.0 Å². The summed E-state index contributed by atoms with van der Waals surface area (Å²) in [7, 11) is 3.07. The molecule has 0 fully saturated rings. The summed E-state index contributed by atoms with van der Waals surface area (Å²) >= 11 is 0. The lowest BCUT2D eigenvalue weighted by Gasteiger charge is -2.19. The van der Waals surface area contributed by atoms with Crippen molar-refractivity contribution in [3.8, 4) is 11.5 Å². The second-order valence-electron chi connectivity index (χ2n) is 6.36. The van der Waals surface area contributed by atoms with Crippen LogP contribution in [-0.4, -0.2) is 31.6 Å². The van der Waals surface area contributed by atoms with Gasteiger partial charge >= 0.3 is 6.61 Å². The predicted molar refractivity (Wildman–Crippen MR) is 93.9 cm³/mol. The number of carbonyl (C=O) groups excluding carboxylic acids is 1. The SMILES string of the molecule is COc1ccc(CN(C)C(=O)c2ccc3c(c2)CCC3)cc1OC(F)F. The molecular weight excluding hydrogens is 340 g/mol. The van der Waals surface area contributed by atoms with Gasteiger partial charge in [0.1, 0.15) is 0 Å². The Labute approximate surface area is 151 Å². The quantitative estimate of drug-likeness (QED) is 0.779. The number of methoxy groups -OCH3 is 1. The highest BCUT2D eigenvalue weighted by Crippen LogP contribution is 2.30. The van der Waals surface area contributed by atoms with Gasteiger partial charge < -0.3 is 14.4 Å². The number of rotatable bonds is 6. The number of nitrogens with zero attached hydrogens (tertiary/aromatic N) is 1. The van der Waals surface area contributed by atoms with E-state index in [1.807, 2.05) is 18.2 Å². The van der Waals surface area contributed by atoms with Crippen molar-refractivity contribution in [2.45, 2.75) is 32.4 Å². The topological polar surface area (TPSA) is 38.8 Å². The molecule has 0 aliphatic heterocycles. The summed E-state index contributed by atoms with van der Waals surface area (Å²) in [5.41, 5.74) is 3.87. The van der Waals surface area contributed by atoms with Crippen LogP contribution >= 0.6 is 0 Å². The molecule has 0 spiro atoms. The monoisotopic (exact) mass is 361 g/mol. The zero-order chi connectivity index (χ0) is 18.7. The normalized spacial score (nSPS) is 12.8. The van der Waals surface area contributed by atoms with Gasteiger partial charge in [0.25, 0.3) is 5.91 Å². The maximum atomic E-state index is 12.7. The molecule has 0 heterocycles. The van der Waals surface area contributed by atoms with E-state index in [9.17, 15) is 13.6 Å². The highest BCUT2D eigenvalue weighted by molar-refractivity contribution is 5.94. The van der Waals surface area contributed by atoms with Crippen molar-refractivity contribution >= 4 is 5.91 Å². The van der Waals surface area contributed by atoms with Gasteiger partial charge in [-0.05, 0) is 60.2 Å². The van der Waals surface area contributed by atoms with E-state index in [1.54, 1.807) is 24.1 Å². The van der Waals surface area contributed by atoms with Crippen LogP contribution in [0.4, 0.5) is 8.78 Å². The van der Waals surface area contributed by atoms with Crippen LogP contribution in [0.2, 0.25) is 0 Å². The first-order valence-electron chi connectivity index (χ1n) is 8.47. The summed E-state index contributed by atoms with van der Waals surface area (Å²) in [6.07, 6.45) is 3.20. The molecule has 2 aromatic carbocycles. The van der Waals surface area contributed by atoms with Gasteiger partial charge in [0.05, 0.1) is 7.11 Å². The summed E-state index contributed by atoms with van der Waals surface area (Å²) in [4.78, 5) is 14.2. The van der Waals surface area contributed by atoms with Crippen LogP contribution in [-0.2, 0) is 19.4 Å². The van der Waals surface area contributed by atoms with Gasteiger partial charge in [0.15, 0.2) is 11.5 Å². The molecule has 4 nitrogen and oxygen atoms in total. The third-order valence-electron chi connectivity index (χ3n) is 4.56. The van der Waals surface area contributed by atoms with Crippen LogP contribution in [0, 0.1) is 0 Å². The van der Waals surface area contributed by atoms with Gasteiger partial charge in [-0.25, -0.2) is 0 Å². The number of hydrogen-bond donors (Lipinski definition) is 0. The van der Waals surface area contributed by atoms with Crippen LogP contribution in [0.1, 0.15) is 33.5 Å². The van der Waals surface area contributed by atoms with E-state index in [1.165, 1.54) is 24.3 Å². The summed E-state index contributed by atoms with van der Waals surface area (Å²) < 4.78 is 34.6. The summed E-state index contributed by atoms with van der Waals surface area (Å²) in [6, 6.07) is 10.6. The molecule has 138 valence electrons. The number of hydrogen-bond acceptors (Lipinski definition) is 3. The highest BCUT2D eigenvalue weighted by atomic mass is 19.3. The number of fused-ring (bicyclic) bond motifs is 1. The Morgan fingerprint density at radius 3 is 2.62 bits per heavy atom. The minimum Gasteiger partial charge on any atom is -0.493 e. The molecule has 0 radical (unpaired) electrons. The molecule has 1 aliphatic carbocycles. The fourth-order valence-corrected chi connectivity index (χ4v) is 3.28. The number of alkyl halides is 2. The van der Waals surface area contributed by atoms with Crippen molar-refractivity contribution in [1.29, 1.82) is 0 Å². The molecule has 1 amide bonds. The van der Waals surface area contributed by atoms with Crippen molar-refractivity contribution in [2.24, 2.45) is 0 Å². The maximum absolute atomic E-state index is 12.7. The Kier molecular flexibility index (Phi) is 5.40. The summed E-state index contributed by atoms with van der Waals surface area (Å²) in [5, 5.41) is 0. The minimum absolute atomic E-state index is 0.0432. The molecule has 0 saturated carbocycles. The number of aryl methyl sites for hydroxylation is 2. The first-order valence-corrected chi connectivity index (χ1v) is 8.47. The van der Waals surface area contributed by atoms with Crippen LogP contribution in [0.25, 0.3) is 0 Å². The third-order valence-corrected chi connectivity index (χ3v) is 4.56. The average Bonchev–Trinajstić information content (AvgIpc) is 3.08. The summed E-state index contributed by atoms with van der Waals surface area (Å²) in [5.74, 6) is 0.0758. The smallest absolute Gasteiger partial charge is 0.387 e. The minimum atomic E-state index is -2.94. The third kappa shape index (κ3) is 3.95. The van der Waals surface area contributed by atoms with Crippen molar-refractivity contribution in [3.63, 3.8) is 0 Å². The van der Waals surface area contributed by atoms with Crippen molar-refractivity contribution in [3.05, 3.63) is 58.7 Å². The molecule has 1 aliphatic rings. The van der Waals surface area contributed by atoms with E-state index in [0.717, 1.165) is 19.3 Å². The van der Waals surface area contributed by atoms with Gasteiger partial charge in [0.2, 0.25) is 0 Å². The Balaban J connectivity index is 1.74. The number of carbonyl (C=O) groups is 1. The zero-order valence-electron chi connectivity index (χ0n) is 14.8. The second-order valence-corrected chi connectivity index (χ2v) is 6.36. The Morgan fingerprint density at radius 2 is 1.88 bits per heavy atom. The lowest BCUT2D eigenvalue weighted by Crippen LogP contribution is -2.26. The fraction of sp³-hybridized carbons (Fsp3) is 0.350. The molecule has 0 atom stereocenters. The van der Waals surface area contributed by atoms with Gasteiger partial charge in [0, 0.05) is 19.2 Å². The molecule has 2 aromatic rings. The molecule has 26 heavy (non-hydrogen) atoms. The largest absolute Gasteiger partial charge is 0.493 e.